The van der Waals surface area contributed by atoms with Crippen LogP contribution in [0.3, 0.4) is 0 Å². The van der Waals surface area contributed by atoms with Crippen LogP contribution in [0.1, 0.15) is 12.8 Å². The van der Waals surface area contributed by atoms with Crippen LogP contribution in [0.25, 0.3) is 0 Å². The Morgan fingerprint density at radius 1 is 1.12 bits per heavy atom. The lowest BCUT2D eigenvalue weighted by molar-refractivity contribution is -0.133. The number of halogens is 3. The number of nitrogens with one attached hydrogen (secondary N) is 1. The second kappa shape index (κ2) is 10.5. The molecule has 2 aromatic carbocycles. The van der Waals surface area contributed by atoms with Crippen molar-refractivity contribution >= 4 is 23.2 Å². The van der Waals surface area contributed by atoms with Crippen molar-refractivity contribution in [2.75, 3.05) is 43.5 Å². The van der Waals surface area contributed by atoms with Crippen LogP contribution in [0.5, 0.6) is 5.75 Å². The number of ether oxygens (including phenoxy) is 1. The van der Waals surface area contributed by atoms with E-state index in [9.17, 15) is 22.8 Å². The van der Waals surface area contributed by atoms with Gasteiger partial charge >= 0.3 is 6.18 Å². The highest BCUT2D eigenvalue weighted by molar-refractivity contribution is 5.95. The Kier molecular flexibility index (Phi) is 7.74. The molecular formula is C23H26F3N3O3. The third-order valence-corrected chi connectivity index (χ3v) is 5.30. The van der Waals surface area contributed by atoms with Gasteiger partial charge in [-0.25, -0.2) is 0 Å². The van der Waals surface area contributed by atoms with Crippen molar-refractivity contribution in [3.8, 4) is 5.75 Å². The Hall–Kier alpha value is -3.07. The molecule has 32 heavy (non-hydrogen) atoms. The van der Waals surface area contributed by atoms with Crippen molar-refractivity contribution in [2.45, 2.75) is 19.0 Å². The summed E-state index contributed by atoms with van der Waals surface area (Å²) in [5.41, 5.74) is 0.824. The van der Waals surface area contributed by atoms with Crippen molar-refractivity contribution in [1.82, 2.24) is 4.90 Å². The van der Waals surface area contributed by atoms with Gasteiger partial charge in [-0.3, -0.25) is 14.5 Å². The maximum Gasteiger partial charge on any atom is 0.406 e. The molecule has 3 rings (SSSR count). The van der Waals surface area contributed by atoms with E-state index in [1.807, 2.05) is 18.2 Å². The van der Waals surface area contributed by atoms with Crippen molar-refractivity contribution in [1.29, 1.82) is 0 Å². The van der Waals surface area contributed by atoms with E-state index in [2.05, 4.69) is 5.32 Å². The van der Waals surface area contributed by atoms with E-state index in [0.29, 0.717) is 37.4 Å². The number of carbonyl (C=O) groups excluding carboxylic acids is 2. The van der Waals surface area contributed by atoms with E-state index in [-0.39, 0.29) is 24.1 Å². The van der Waals surface area contributed by atoms with Crippen LogP contribution >= 0.6 is 0 Å². The number of likely N-dealkylation sites (tertiary alicyclic amines) is 1. The second-order valence-electron chi connectivity index (χ2n) is 7.72. The predicted molar refractivity (Wildman–Crippen MR) is 116 cm³/mol. The highest BCUT2D eigenvalue weighted by Crippen LogP contribution is 2.25. The summed E-state index contributed by atoms with van der Waals surface area (Å²) in [4.78, 5) is 27.9. The van der Waals surface area contributed by atoms with Gasteiger partial charge in [0, 0.05) is 17.9 Å². The quantitative estimate of drug-likeness (QED) is 0.696. The summed E-state index contributed by atoms with van der Waals surface area (Å²) in [5, 5.41) is 2.85. The molecule has 2 amide bonds. The summed E-state index contributed by atoms with van der Waals surface area (Å²) in [7, 11) is 1.45. The summed E-state index contributed by atoms with van der Waals surface area (Å²) >= 11 is 0. The van der Waals surface area contributed by atoms with Crippen LogP contribution in [-0.2, 0) is 9.59 Å². The molecule has 1 fully saturated rings. The Bertz CT molecular complexity index is 904. The van der Waals surface area contributed by atoms with E-state index >= 15 is 0 Å². The SMILES string of the molecule is COc1ccc(N(CC(F)(F)F)C(=O)CN2CCCC(C(=O)Nc3ccccc3)C2)cc1. The molecule has 1 unspecified atom stereocenters. The number of rotatable bonds is 7. The number of methoxy groups -OCH3 is 1. The Balaban J connectivity index is 1.65. The summed E-state index contributed by atoms with van der Waals surface area (Å²) in [5.74, 6) is -0.683. The van der Waals surface area contributed by atoms with Gasteiger partial charge in [-0.05, 0) is 55.8 Å². The van der Waals surface area contributed by atoms with Gasteiger partial charge in [0.2, 0.25) is 11.8 Å². The number of piperidine rings is 1. The Labute approximate surface area is 184 Å². The van der Waals surface area contributed by atoms with Gasteiger partial charge in [-0.2, -0.15) is 13.2 Å². The number of hydrogen-bond donors (Lipinski definition) is 1. The molecule has 0 radical (unpaired) electrons. The highest BCUT2D eigenvalue weighted by Gasteiger charge is 2.35. The van der Waals surface area contributed by atoms with Crippen LogP contribution in [0, 0.1) is 5.92 Å². The monoisotopic (exact) mass is 449 g/mol. The first-order valence-electron chi connectivity index (χ1n) is 10.3. The maximum absolute atomic E-state index is 13.2. The number of amides is 2. The Morgan fingerprint density at radius 2 is 1.81 bits per heavy atom. The predicted octanol–water partition coefficient (Wildman–Crippen LogP) is 3.94. The molecule has 0 aliphatic carbocycles. The molecule has 1 atom stereocenters. The first-order valence-corrected chi connectivity index (χ1v) is 10.3. The average Bonchev–Trinajstić information content (AvgIpc) is 2.78. The third-order valence-electron chi connectivity index (χ3n) is 5.30. The first-order chi connectivity index (χ1) is 15.2. The van der Waals surface area contributed by atoms with Crippen molar-refractivity contribution in [3.05, 3.63) is 54.6 Å². The molecule has 0 bridgehead atoms. The van der Waals surface area contributed by atoms with Gasteiger partial charge in [-0.1, -0.05) is 18.2 Å². The van der Waals surface area contributed by atoms with E-state index in [0.717, 1.165) is 4.90 Å². The van der Waals surface area contributed by atoms with Crippen molar-refractivity contribution in [3.63, 3.8) is 0 Å². The van der Waals surface area contributed by atoms with E-state index in [1.165, 1.54) is 31.4 Å². The minimum atomic E-state index is -4.55. The molecule has 1 saturated heterocycles. The number of benzene rings is 2. The summed E-state index contributed by atoms with van der Waals surface area (Å²) in [6, 6.07) is 14.9. The molecule has 2 aromatic rings. The van der Waals surface area contributed by atoms with Crippen molar-refractivity contribution < 1.29 is 27.5 Å². The van der Waals surface area contributed by atoms with E-state index in [1.54, 1.807) is 17.0 Å². The summed E-state index contributed by atoms with van der Waals surface area (Å²) in [6.07, 6.45) is -3.20. The van der Waals surface area contributed by atoms with Crippen LogP contribution in [0.2, 0.25) is 0 Å². The number of para-hydroxylation sites is 1. The number of anilines is 2. The summed E-state index contributed by atoms with van der Waals surface area (Å²) in [6.45, 7) is -0.725. The van der Waals surface area contributed by atoms with Gasteiger partial charge in [-0.15, -0.1) is 0 Å². The number of hydrogen-bond acceptors (Lipinski definition) is 4. The third kappa shape index (κ3) is 6.71. The van der Waals surface area contributed by atoms with Crippen LogP contribution in [0.15, 0.2) is 54.6 Å². The molecule has 6 nitrogen and oxygen atoms in total. The topological polar surface area (TPSA) is 61.9 Å². The van der Waals surface area contributed by atoms with E-state index < -0.39 is 18.6 Å². The minimum Gasteiger partial charge on any atom is -0.497 e. The second-order valence-corrected chi connectivity index (χ2v) is 7.72. The molecule has 9 heteroatoms. The van der Waals surface area contributed by atoms with Gasteiger partial charge in [0.15, 0.2) is 0 Å². The molecule has 0 aromatic heterocycles. The van der Waals surface area contributed by atoms with Crippen LogP contribution in [-0.4, -0.2) is 56.2 Å². The number of carbonyl (C=O) groups is 2. The van der Waals surface area contributed by atoms with Gasteiger partial charge < -0.3 is 15.0 Å². The normalized spacial score (nSPS) is 16.9. The molecule has 0 saturated carbocycles. The largest absolute Gasteiger partial charge is 0.497 e. The fourth-order valence-corrected chi connectivity index (χ4v) is 3.72. The highest BCUT2D eigenvalue weighted by atomic mass is 19.4. The lowest BCUT2D eigenvalue weighted by Crippen LogP contribution is -2.48. The van der Waals surface area contributed by atoms with E-state index in [4.69, 9.17) is 4.74 Å². The van der Waals surface area contributed by atoms with Crippen molar-refractivity contribution in [2.24, 2.45) is 5.92 Å². The molecule has 1 aliphatic heterocycles. The molecule has 1 aliphatic rings. The fraction of sp³-hybridized carbons (Fsp3) is 0.391. The lowest BCUT2D eigenvalue weighted by atomic mass is 9.97. The van der Waals surface area contributed by atoms with Gasteiger partial charge in [0.25, 0.3) is 0 Å². The maximum atomic E-state index is 13.2. The smallest absolute Gasteiger partial charge is 0.406 e. The molecule has 1 heterocycles. The van der Waals surface area contributed by atoms with Gasteiger partial charge in [0.05, 0.1) is 19.6 Å². The van der Waals surface area contributed by atoms with Crippen LogP contribution in [0.4, 0.5) is 24.5 Å². The number of nitrogens with zero attached hydrogens (tertiary/aromatic N) is 2. The number of alkyl halides is 3. The molecular weight excluding hydrogens is 423 g/mol. The van der Waals surface area contributed by atoms with Gasteiger partial charge in [0.1, 0.15) is 12.3 Å². The average molecular weight is 449 g/mol. The molecule has 1 N–H and O–H groups in total. The summed E-state index contributed by atoms with van der Waals surface area (Å²) < 4.78 is 44.5. The first kappa shape index (κ1) is 23.6. The zero-order valence-electron chi connectivity index (χ0n) is 17.8. The zero-order chi connectivity index (χ0) is 23.1. The zero-order valence-corrected chi connectivity index (χ0v) is 17.8. The minimum absolute atomic E-state index is 0.142. The molecule has 0 spiro atoms. The molecule has 172 valence electrons. The Morgan fingerprint density at radius 3 is 2.44 bits per heavy atom. The fourth-order valence-electron chi connectivity index (χ4n) is 3.72. The standard InChI is InChI=1S/C23H26F3N3O3/c1-32-20-11-9-19(10-12-20)29(16-23(24,25)26)21(30)15-28-13-5-6-17(14-28)22(31)27-18-7-3-2-4-8-18/h2-4,7-12,17H,5-6,13-16H2,1H3,(H,27,31). The lowest BCUT2D eigenvalue weighted by Gasteiger charge is -2.33. The van der Waals surface area contributed by atoms with Crippen LogP contribution < -0.4 is 15.0 Å².